The van der Waals surface area contributed by atoms with Crippen LogP contribution in [0.1, 0.15) is 59.3 Å². The Hall–Kier alpha value is -2.98. The molecule has 2 saturated heterocycles. The van der Waals surface area contributed by atoms with Gasteiger partial charge in [-0.2, -0.15) is 5.10 Å². The maximum absolute atomic E-state index is 13.3. The predicted molar refractivity (Wildman–Crippen MR) is 136 cm³/mol. The van der Waals surface area contributed by atoms with Crippen LogP contribution >= 0.6 is 24.2 Å². The van der Waals surface area contributed by atoms with E-state index in [-0.39, 0.29) is 43.1 Å². The number of piperidine rings is 2. The molecule has 6 rings (SSSR count). The molecule has 2 atom stereocenters. The number of aliphatic hydroxyl groups is 1. The maximum atomic E-state index is 13.3. The minimum atomic E-state index is -0.930. The van der Waals surface area contributed by atoms with Crippen molar-refractivity contribution < 1.29 is 19.5 Å². The van der Waals surface area contributed by atoms with E-state index in [9.17, 15) is 19.5 Å². The summed E-state index contributed by atoms with van der Waals surface area (Å²) in [6.07, 6.45) is 4.87. The number of aliphatic hydroxyl groups excluding tert-OH is 1. The third-order valence-electron chi connectivity index (χ3n) is 7.30. The van der Waals surface area contributed by atoms with Gasteiger partial charge in [0.1, 0.15) is 12.1 Å². The van der Waals surface area contributed by atoms with Gasteiger partial charge >= 0.3 is 0 Å². The van der Waals surface area contributed by atoms with Crippen LogP contribution in [0.5, 0.6) is 0 Å². The Labute approximate surface area is 218 Å². The van der Waals surface area contributed by atoms with Crippen LogP contribution in [0, 0.1) is 0 Å². The Bertz CT molecular complexity index is 1370. The lowest BCUT2D eigenvalue weighted by atomic mass is 9.95. The van der Waals surface area contributed by atoms with Gasteiger partial charge in [0.05, 0.1) is 17.9 Å². The number of aromatic nitrogens is 2. The minimum absolute atomic E-state index is 0. The number of benzene rings is 2. The summed E-state index contributed by atoms with van der Waals surface area (Å²) in [6.45, 7) is 1.58. The van der Waals surface area contributed by atoms with E-state index in [2.05, 4.69) is 10.4 Å². The topological polar surface area (TPSA) is 108 Å². The molecule has 2 unspecified atom stereocenters. The van der Waals surface area contributed by atoms with E-state index < -0.39 is 18.1 Å². The molecule has 2 N–H and O–H groups in total. The molecule has 3 aliphatic heterocycles. The van der Waals surface area contributed by atoms with Crippen LogP contribution in [0.25, 0.3) is 10.8 Å². The van der Waals surface area contributed by atoms with Crippen LogP contribution < -0.4 is 10.2 Å². The van der Waals surface area contributed by atoms with E-state index in [1.807, 2.05) is 16.9 Å². The molecule has 188 valence electrons. The number of carbonyl (C=O) groups is 3. The van der Waals surface area contributed by atoms with Gasteiger partial charge in [0, 0.05) is 42.2 Å². The number of hydrogen-bond donors (Lipinski definition) is 2. The second-order valence-corrected chi connectivity index (χ2v) is 9.82. The highest BCUT2D eigenvalue weighted by molar-refractivity contribution is 6.27. The van der Waals surface area contributed by atoms with Gasteiger partial charge < -0.3 is 5.11 Å². The van der Waals surface area contributed by atoms with E-state index in [0.29, 0.717) is 27.8 Å². The first-order valence-corrected chi connectivity index (χ1v) is 12.1. The average molecular weight is 530 g/mol. The fourth-order valence-corrected chi connectivity index (χ4v) is 5.67. The molecular formula is C25H25Cl2N5O4. The van der Waals surface area contributed by atoms with Crippen LogP contribution in [-0.2, 0) is 9.59 Å². The Morgan fingerprint density at radius 3 is 2.61 bits per heavy atom. The first-order chi connectivity index (χ1) is 16.9. The quantitative estimate of drug-likeness (QED) is 0.397. The van der Waals surface area contributed by atoms with E-state index in [0.717, 1.165) is 31.3 Å². The van der Waals surface area contributed by atoms with Crippen molar-refractivity contribution >= 4 is 58.4 Å². The normalized spacial score (nSPS) is 21.6. The highest BCUT2D eigenvalue weighted by Crippen LogP contribution is 2.43. The molecule has 9 nitrogen and oxygen atoms in total. The summed E-state index contributed by atoms with van der Waals surface area (Å²) in [5, 5.41) is 19.6. The zero-order valence-corrected chi connectivity index (χ0v) is 20.8. The van der Waals surface area contributed by atoms with Gasteiger partial charge in [0.25, 0.3) is 5.91 Å². The molecule has 1 aromatic heterocycles. The highest BCUT2D eigenvalue weighted by Gasteiger charge is 2.41. The first kappa shape index (κ1) is 24.7. The molecule has 2 fully saturated rings. The lowest BCUT2D eigenvalue weighted by molar-refractivity contribution is -0.134. The van der Waals surface area contributed by atoms with Gasteiger partial charge in [-0.1, -0.05) is 18.2 Å². The molecule has 0 radical (unpaired) electrons. The Balaban J connectivity index is 0.00000267. The number of imide groups is 1. The number of rotatable bonds is 4. The van der Waals surface area contributed by atoms with Crippen molar-refractivity contribution in [1.29, 1.82) is 0 Å². The molecule has 0 saturated carbocycles. The van der Waals surface area contributed by atoms with E-state index in [1.54, 1.807) is 34.9 Å². The number of nitrogens with zero attached hydrogens (tertiary/aromatic N) is 4. The Morgan fingerprint density at radius 2 is 1.86 bits per heavy atom. The van der Waals surface area contributed by atoms with Crippen LogP contribution in [0.3, 0.4) is 0 Å². The van der Waals surface area contributed by atoms with Crippen molar-refractivity contribution in [2.75, 3.05) is 18.0 Å². The van der Waals surface area contributed by atoms with Crippen molar-refractivity contribution in [3.63, 3.8) is 0 Å². The smallest absolute Gasteiger partial charge is 0.259 e. The fourth-order valence-electron chi connectivity index (χ4n) is 5.48. The lowest BCUT2D eigenvalue weighted by Gasteiger charge is -2.30. The van der Waals surface area contributed by atoms with Crippen molar-refractivity contribution in [3.8, 4) is 0 Å². The molecule has 3 aromatic rings. The largest absolute Gasteiger partial charge is 0.384 e. The van der Waals surface area contributed by atoms with Gasteiger partial charge in [-0.3, -0.25) is 29.3 Å². The number of carbonyl (C=O) groups excluding carboxylic acids is 3. The average Bonchev–Trinajstić information content (AvgIpc) is 3.45. The van der Waals surface area contributed by atoms with Crippen LogP contribution in [0.2, 0.25) is 0 Å². The van der Waals surface area contributed by atoms with Crippen molar-refractivity contribution in [3.05, 3.63) is 59.4 Å². The lowest BCUT2D eigenvalue weighted by Crippen LogP contribution is -2.53. The van der Waals surface area contributed by atoms with Gasteiger partial charge in [0.2, 0.25) is 11.8 Å². The summed E-state index contributed by atoms with van der Waals surface area (Å²) in [5.74, 6) is -1.06. The summed E-state index contributed by atoms with van der Waals surface area (Å²) in [4.78, 5) is 39.0. The minimum Gasteiger partial charge on any atom is -0.384 e. The second-order valence-electron chi connectivity index (χ2n) is 9.34. The molecule has 2 aromatic carbocycles. The zero-order chi connectivity index (χ0) is 24.3. The van der Waals surface area contributed by atoms with E-state index >= 15 is 0 Å². The Morgan fingerprint density at radius 1 is 1.08 bits per heavy atom. The number of nitrogens with one attached hydrogen (secondary N) is 1. The van der Waals surface area contributed by atoms with Crippen LogP contribution in [-0.4, -0.2) is 56.2 Å². The number of halogens is 2. The zero-order valence-electron chi connectivity index (χ0n) is 19.3. The maximum Gasteiger partial charge on any atom is 0.259 e. The number of hydrogen-bond acceptors (Lipinski definition) is 6. The van der Waals surface area contributed by atoms with Gasteiger partial charge in [-0.05, 0) is 54.1 Å². The summed E-state index contributed by atoms with van der Waals surface area (Å²) < 4.78 is 3.68. The molecule has 3 aliphatic rings. The molecule has 36 heavy (non-hydrogen) atoms. The van der Waals surface area contributed by atoms with Crippen molar-refractivity contribution in [2.45, 2.75) is 43.9 Å². The predicted octanol–water partition coefficient (Wildman–Crippen LogP) is 3.10. The highest BCUT2D eigenvalue weighted by atomic mass is 35.5. The van der Waals surface area contributed by atoms with Gasteiger partial charge in [-0.15, -0.1) is 12.4 Å². The second kappa shape index (κ2) is 9.48. The molecule has 3 amide bonds. The first-order valence-electron chi connectivity index (χ1n) is 11.8. The fraction of sp³-hybridized carbons (Fsp3) is 0.360. The van der Waals surface area contributed by atoms with E-state index in [4.69, 9.17) is 11.8 Å². The monoisotopic (exact) mass is 529 g/mol. The molecule has 4 heterocycles. The standard InChI is InChI=1S/C25H24ClN5O4.ClH/c26-29-10-8-15(9-11-29)30-13-14(12-27-30)23(33)17-4-5-19-22-16(17)2-1-3-18(22)25(35)31(19)20-6-7-21(32)28-24(20)34;/h1-5,12-13,15,20,23,33H,6-11H2,(H,28,32,34);1H. The summed E-state index contributed by atoms with van der Waals surface area (Å²) in [7, 11) is 0. The molecular weight excluding hydrogens is 505 g/mol. The molecule has 0 bridgehead atoms. The molecule has 0 spiro atoms. The van der Waals surface area contributed by atoms with Gasteiger partial charge in [-0.25, -0.2) is 4.42 Å². The molecule has 0 aliphatic carbocycles. The number of anilines is 1. The SMILES string of the molecule is Cl.O=C1CCC(N2C(=O)c3cccc4c(C(O)c5cnn(C6CCN(Cl)CC6)c5)ccc2c34)C(=O)N1. The van der Waals surface area contributed by atoms with Crippen molar-refractivity contribution in [1.82, 2.24) is 19.5 Å². The van der Waals surface area contributed by atoms with Crippen molar-refractivity contribution in [2.24, 2.45) is 0 Å². The van der Waals surface area contributed by atoms with Crippen LogP contribution in [0.15, 0.2) is 42.7 Å². The summed E-state index contributed by atoms with van der Waals surface area (Å²) in [6, 6.07) is 8.46. The van der Waals surface area contributed by atoms with Crippen LogP contribution in [0.4, 0.5) is 5.69 Å². The van der Waals surface area contributed by atoms with E-state index in [1.165, 1.54) is 4.90 Å². The Kier molecular flexibility index (Phi) is 6.50. The third-order valence-corrected chi connectivity index (χ3v) is 7.64. The third kappa shape index (κ3) is 3.96. The summed E-state index contributed by atoms with van der Waals surface area (Å²) in [5.41, 5.74) is 2.44. The molecule has 11 heteroatoms. The number of amides is 3. The van der Waals surface area contributed by atoms with Gasteiger partial charge in [0.15, 0.2) is 0 Å². The summed E-state index contributed by atoms with van der Waals surface area (Å²) >= 11 is 6.07.